The van der Waals surface area contributed by atoms with Gasteiger partial charge in [0.25, 0.3) is 0 Å². The molecule has 0 saturated carbocycles. The number of aromatic hydroxyl groups is 1. The highest BCUT2D eigenvalue weighted by Crippen LogP contribution is 2.43. The number of phenols is 1. The molecule has 1 N–H and O–H groups in total. The Balaban J connectivity index is 1.62. The van der Waals surface area contributed by atoms with Crippen LogP contribution in [0.1, 0.15) is 76.3 Å². The molecule has 242 valence electrons. The molecule has 1 atom stereocenters. The second-order valence-electron chi connectivity index (χ2n) is 13.6. The zero-order valence-corrected chi connectivity index (χ0v) is 27.5. The molecular weight excluding hydrogens is 587 g/mol. The van der Waals surface area contributed by atoms with Crippen molar-refractivity contribution in [3.05, 3.63) is 69.1 Å². The van der Waals surface area contributed by atoms with Crippen LogP contribution < -0.4 is 10.6 Å². The summed E-state index contributed by atoms with van der Waals surface area (Å²) in [6.45, 7) is 14.7. The summed E-state index contributed by atoms with van der Waals surface area (Å²) in [5, 5.41) is 11.6. The average Bonchev–Trinajstić information content (AvgIpc) is 3.46. The lowest BCUT2D eigenvalue weighted by atomic mass is 9.98. The van der Waals surface area contributed by atoms with Crippen LogP contribution in [0.3, 0.4) is 0 Å². The molecule has 11 heteroatoms. The van der Waals surface area contributed by atoms with Crippen LogP contribution in [0.2, 0.25) is 0 Å². The highest BCUT2D eigenvalue weighted by Gasteiger charge is 2.35. The van der Waals surface area contributed by atoms with Crippen LogP contribution >= 0.6 is 0 Å². The van der Waals surface area contributed by atoms with Gasteiger partial charge in [-0.1, -0.05) is 19.9 Å². The Hall–Kier alpha value is -4.54. The van der Waals surface area contributed by atoms with Crippen molar-refractivity contribution < 1.29 is 19.0 Å². The molecule has 0 radical (unpaired) electrons. The largest absolute Gasteiger partial charge is 0.507 e. The van der Waals surface area contributed by atoms with Gasteiger partial charge in [0.1, 0.15) is 23.0 Å². The van der Waals surface area contributed by atoms with Crippen molar-refractivity contribution in [2.75, 3.05) is 24.5 Å². The number of anilines is 1. The topological polar surface area (TPSA) is 114 Å². The highest BCUT2D eigenvalue weighted by molar-refractivity contribution is 5.96. The van der Waals surface area contributed by atoms with Gasteiger partial charge in [0.2, 0.25) is 0 Å². The minimum atomic E-state index is -0.615. The van der Waals surface area contributed by atoms with E-state index < -0.39 is 17.1 Å². The van der Waals surface area contributed by atoms with Gasteiger partial charge in [-0.3, -0.25) is 4.98 Å². The monoisotopic (exact) mass is 628 g/mol. The van der Waals surface area contributed by atoms with Gasteiger partial charge >= 0.3 is 11.8 Å². The lowest BCUT2D eigenvalue weighted by Crippen LogP contribution is -2.55. The van der Waals surface area contributed by atoms with Gasteiger partial charge in [0.05, 0.1) is 28.0 Å². The van der Waals surface area contributed by atoms with Gasteiger partial charge in [-0.2, -0.15) is 4.98 Å². The van der Waals surface area contributed by atoms with E-state index in [1.807, 2.05) is 54.5 Å². The number of fused-ring (bicyclic) bond motifs is 3. The number of carbonyl (C=O) groups is 1. The number of aryl methyl sites for hydroxylation is 2. The lowest BCUT2D eigenvalue weighted by molar-refractivity contribution is 0.0218. The summed E-state index contributed by atoms with van der Waals surface area (Å²) < 4.78 is 22.6. The number of carbonyl (C=O) groups excluding carboxylic acids is 1. The van der Waals surface area contributed by atoms with E-state index in [1.165, 1.54) is 22.8 Å². The smallest absolute Gasteiger partial charge is 0.410 e. The first-order chi connectivity index (χ1) is 21.8. The van der Waals surface area contributed by atoms with Crippen LogP contribution in [0.5, 0.6) is 5.75 Å². The fourth-order valence-corrected chi connectivity index (χ4v) is 6.74. The van der Waals surface area contributed by atoms with Gasteiger partial charge in [-0.25, -0.2) is 23.5 Å². The molecule has 1 unspecified atom stereocenters. The van der Waals surface area contributed by atoms with Gasteiger partial charge in [-0.05, 0) is 94.7 Å². The molecule has 1 aromatic carbocycles. The molecule has 4 heterocycles. The summed E-state index contributed by atoms with van der Waals surface area (Å²) >= 11 is 0. The number of amides is 1. The number of phenolic OH excluding ortho intramolecular Hbond substituents is 1. The molecule has 3 aromatic heterocycles. The second kappa shape index (κ2) is 11.7. The Bertz CT molecular complexity index is 1890. The van der Waals surface area contributed by atoms with Crippen LogP contribution in [0.15, 0.2) is 35.3 Å². The van der Waals surface area contributed by atoms with Crippen molar-refractivity contribution >= 4 is 22.9 Å². The fraction of sp³-hybridized carbons (Fsp3) is 0.457. The van der Waals surface area contributed by atoms with E-state index in [0.717, 1.165) is 34.2 Å². The van der Waals surface area contributed by atoms with E-state index in [4.69, 9.17) is 14.7 Å². The first-order valence-electron chi connectivity index (χ1n) is 15.9. The number of hydrogen-bond donors (Lipinski definition) is 1. The second-order valence-corrected chi connectivity index (χ2v) is 13.6. The molecule has 10 nitrogen and oxygen atoms in total. The Morgan fingerprint density at radius 2 is 1.85 bits per heavy atom. The van der Waals surface area contributed by atoms with E-state index in [1.54, 1.807) is 11.1 Å². The zero-order chi connectivity index (χ0) is 33.1. The summed E-state index contributed by atoms with van der Waals surface area (Å²) in [4.78, 5) is 45.4. The Morgan fingerprint density at radius 3 is 2.52 bits per heavy atom. The normalized spacial score (nSPS) is 16.8. The Kier molecular flexibility index (Phi) is 7.98. The van der Waals surface area contributed by atoms with E-state index in [0.29, 0.717) is 55.3 Å². The number of nitrogens with zero attached hydrogens (tertiary/aromatic N) is 6. The van der Waals surface area contributed by atoms with Gasteiger partial charge < -0.3 is 19.6 Å². The number of benzene rings is 1. The van der Waals surface area contributed by atoms with E-state index >= 15 is 4.39 Å². The maximum absolute atomic E-state index is 15.4. The van der Waals surface area contributed by atoms with Crippen LogP contribution in [0.25, 0.3) is 28.0 Å². The molecule has 2 aliphatic rings. The fourth-order valence-electron chi connectivity index (χ4n) is 6.74. The van der Waals surface area contributed by atoms with Gasteiger partial charge in [0, 0.05) is 31.9 Å². The first kappa shape index (κ1) is 31.4. The average molecular weight is 629 g/mol. The summed E-state index contributed by atoms with van der Waals surface area (Å²) in [6.07, 6.45) is 3.48. The number of hydrogen-bond acceptors (Lipinski definition) is 8. The van der Waals surface area contributed by atoms with Gasteiger partial charge in [-0.15, -0.1) is 0 Å². The maximum Gasteiger partial charge on any atom is 0.410 e. The van der Waals surface area contributed by atoms with Crippen molar-refractivity contribution in [1.82, 2.24) is 24.4 Å². The molecular formula is C35H41FN6O4. The predicted octanol–water partition coefficient (Wildman–Crippen LogP) is 6.05. The number of piperazine rings is 1. The summed E-state index contributed by atoms with van der Waals surface area (Å²) in [5.41, 5.74) is 3.47. The minimum absolute atomic E-state index is 0.0120. The van der Waals surface area contributed by atoms with Crippen LogP contribution in [-0.4, -0.2) is 66.9 Å². The van der Waals surface area contributed by atoms with E-state index in [2.05, 4.69) is 9.88 Å². The highest BCUT2D eigenvalue weighted by atomic mass is 19.1. The number of rotatable bonds is 4. The Morgan fingerprint density at radius 1 is 1.11 bits per heavy atom. The van der Waals surface area contributed by atoms with E-state index in [9.17, 15) is 14.7 Å². The van der Waals surface area contributed by atoms with Crippen LogP contribution in [0, 0.1) is 12.7 Å². The third-order valence-corrected chi connectivity index (χ3v) is 8.78. The molecule has 1 aliphatic carbocycles. The quantitative estimate of drug-likeness (QED) is 0.291. The van der Waals surface area contributed by atoms with Gasteiger partial charge in [0.15, 0.2) is 5.65 Å². The standard InChI is InChI=1S/C35H41FN6O4/c1-19(2)28-30(20(3)14-15-37-28)42-32-26(22-10-8-11-23(22)29(38-32)27-24(36)12-9-13-25(27)43)31(39-33(42)44)41-17-16-40(18-21(41)4)34(45)46-35(5,6)7/h9,12-15,19,21,43H,8,10-11,16-18H2,1-7H3. The van der Waals surface area contributed by atoms with Crippen LogP contribution in [0.4, 0.5) is 15.0 Å². The molecule has 46 heavy (non-hydrogen) atoms. The number of halogens is 1. The summed E-state index contributed by atoms with van der Waals surface area (Å²) in [6, 6.07) is 5.87. The van der Waals surface area contributed by atoms with Crippen molar-refractivity contribution in [3.63, 3.8) is 0 Å². The number of ether oxygens (including phenoxy) is 1. The third kappa shape index (κ3) is 5.45. The molecule has 4 aromatic rings. The SMILES string of the molecule is Cc1ccnc(C(C)C)c1-n1c(=O)nc(N2CCN(C(=O)OC(C)(C)C)CC2C)c2c3c(c(-c4c(O)cccc4F)nc21)CCC3. The Labute approximate surface area is 267 Å². The van der Waals surface area contributed by atoms with E-state index in [-0.39, 0.29) is 29.4 Å². The number of aromatic nitrogens is 4. The molecule has 6 rings (SSSR count). The predicted molar refractivity (Wildman–Crippen MR) is 175 cm³/mol. The lowest BCUT2D eigenvalue weighted by Gasteiger charge is -2.41. The zero-order valence-electron chi connectivity index (χ0n) is 27.5. The first-order valence-corrected chi connectivity index (χ1v) is 15.9. The van der Waals surface area contributed by atoms with Crippen molar-refractivity contribution in [1.29, 1.82) is 0 Å². The number of pyridine rings is 2. The molecule has 0 spiro atoms. The van der Waals surface area contributed by atoms with Crippen LogP contribution in [-0.2, 0) is 17.6 Å². The van der Waals surface area contributed by atoms with Crippen molar-refractivity contribution in [3.8, 4) is 22.7 Å². The molecule has 1 amide bonds. The summed E-state index contributed by atoms with van der Waals surface area (Å²) in [7, 11) is 0. The van der Waals surface area contributed by atoms with Crippen molar-refractivity contribution in [2.24, 2.45) is 0 Å². The molecule has 1 aliphatic heterocycles. The molecule has 0 bridgehead atoms. The third-order valence-electron chi connectivity index (χ3n) is 8.78. The van der Waals surface area contributed by atoms with Crippen molar-refractivity contribution in [2.45, 2.75) is 85.3 Å². The molecule has 1 fully saturated rings. The minimum Gasteiger partial charge on any atom is -0.507 e. The summed E-state index contributed by atoms with van der Waals surface area (Å²) in [5.74, 6) is -0.315. The maximum atomic E-state index is 15.4. The molecule has 1 saturated heterocycles.